The van der Waals surface area contributed by atoms with E-state index in [-0.39, 0.29) is 13.2 Å². The Kier molecular flexibility index (Phi) is 3.71. The third-order valence-electron chi connectivity index (χ3n) is 2.98. The monoisotopic (exact) mass is 266 g/mol. The van der Waals surface area contributed by atoms with E-state index in [1.54, 1.807) is 0 Å². The zero-order valence-corrected chi connectivity index (χ0v) is 10.4. The predicted octanol–water partition coefficient (Wildman–Crippen LogP) is 1.58. The van der Waals surface area contributed by atoms with Gasteiger partial charge in [-0.2, -0.15) is 0 Å². The van der Waals surface area contributed by atoms with E-state index in [2.05, 4.69) is 4.74 Å². The van der Waals surface area contributed by atoms with Gasteiger partial charge in [-0.1, -0.05) is 30.3 Å². The van der Waals surface area contributed by atoms with Crippen LogP contribution in [0.3, 0.4) is 0 Å². The molecule has 0 aliphatic carbocycles. The van der Waals surface area contributed by atoms with Gasteiger partial charge in [0.2, 0.25) is 5.60 Å². The van der Waals surface area contributed by atoms with Crippen LogP contribution in [0.5, 0.6) is 0 Å². The van der Waals surface area contributed by atoms with Crippen LogP contribution in [0, 0.1) is 0 Å². The third kappa shape index (κ3) is 2.85. The number of cyclic esters (lactones) is 2. The van der Waals surface area contributed by atoms with Crippen LogP contribution >= 0.6 is 0 Å². The fraction of sp³-hybridized carbons (Fsp3) is 0.385. The molecule has 0 aromatic heterocycles. The first-order valence-electron chi connectivity index (χ1n) is 5.77. The second-order valence-electron chi connectivity index (χ2n) is 4.36. The van der Waals surface area contributed by atoms with Crippen molar-refractivity contribution in [2.75, 3.05) is 6.61 Å². The van der Waals surface area contributed by atoms with Crippen molar-refractivity contribution < 1.29 is 28.9 Å². The number of hydrogen-bond acceptors (Lipinski definition) is 5. The summed E-state index contributed by atoms with van der Waals surface area (Å²) in [7, 11) is 0. The smallest absolute Gasteiger partial charge is 0.478 e. The molecule has 6 nitrogen and oxygen atoms in total. The van der Waals surface area contributed by atoms with Gasteiger partial charge in [-0.05, 0) is 12.5 Å². The van der Waals surface area contributed by atoms with Gasteiger partial charge in [0, 0.05) is 0 Å². The van der Waals surface area contributed by atoms with Crippen LogP contribution in [0.2, 0.25) is 0 Å². The predicted molar refractivity (Wildman–Crippen MR) is 63.5 cm³/mol. The molecule has 1 fully saturated rings. The van der Waals surface area contributed by atoms with E-state index in [9.17, 15) is 14.7 Å². The van der Waals surface area contributed by atoms with Gasteiger partial charge in [-0.15, -0.1) is 0 Å². The summed E-state index contributed by atoms with van der Waals surface area (Å²) in [6.07, 6.45) is -1.85. The number of carbonyl (C=O) groups excluding carboxylic acids is 1. The topological polar surface area (TPSA) is 82.1 Å². The van der Waals surface area contributed by atoms with E-state index < -0.39 is 23.8 Å². The summed E-state index contributed by atoms with van der Waals surface area (Å²) in [4.78, 5) is 22.3. The zero-order valence-electron chi connectivity index (χ0n) is 10.4. The average molecular weight is 266 g/mol. The summed E-state index contributed by atoms with van der Waals surface area (Å²) in [6, 6.07) is 9.29. The first kappa shape index (κ1) is 13.4. The molecule has 0 amide bonds. The molecule has 1 heterocycles. The van der Waals surface area contributed by atoms with Crippen molar-refractivity contribution in [3.63, 3.8) is 0 Å². The van der Waals surface area contributed by atoms with Gasteiger partial charge in [0.1, 0.15) is 12.7 Å². The molecule has 0 saturated carbocycles. The maximum absolute atomic E-state index is 11.2. The zero-order chi connectivity index (χ0) is 13.9. The number of carboxylic acids is 1. The number of ether oxygens (including phenoxy) is 3. The van der Waals surface area contributed by atoms with E-state index in [0.717, 1.165) is 5.56 Å². The molecule has 0 spiro atoms. The first-order chi connectivity index (χ1) is 9.02. The minimum absolute atomic E-state index is 0.144. The summed E-state index contributed by atoms with van der Waals surface area (Å²) in [5.41, 5.74) is -0.837. The van der Waals surface area contributed by atoms with Gasteiger partial charge in [-0.3, -0.25) is 0 Å². The van der Waals surface area contributed by atoms with Gasteiger partial charge in [0.25, 0.3) is 0 Å². The van der Waals surface area contributed by atoms with Crippen LogP contribution in [0.1, 0.15) is 12.5 Å². The van der Waals surface area contributed by atoms with Crippen molar-refractivity contribution in [3.8, 4) is 0 Å². The molecule has 2 atom stereocenters. The minimum Gasteiger partial charge on any atom is -0.478 e. The number of rotatable bonds is 4. The van der Waals surface area contributed by atoms with Gasteiger partial charge >= 0.3 is 12.1 Å². The molecule has 1 saturated heterocycles. The highest BCUT2D eigenvalue weighted by atomic mass is 16.8. The number of carbonyl (C=O) groups is 2. The molecule has 1 N–H and O–H groups in total. The van der Waals surface area contributed by atoms with Crippen LogP contribution < -0.4 is 0 Å². The lowest BCUT2D eigenvalue weighted by Gasteiger charge is -2.36. The Morgan fingerprint density at radius 3 is 2.79 bits per heavy atom. The van der Waals surface area contributed by atoms with E-state index in [1.807, 2.05) is 30.3 Å². The van der Waals surface area contributed by atoms with Crippen molar-refractivity contribution in [3.05, 3.63) is 35.9 Å². The molecule has 1 aliphatic rings. The summed E-state index contributed by atoms with van der Waals surface area (Å²) in [5.74, 6) is -1.26. The Hall–Kier alpha value is -2.08. The highest BCUT2D eigenvalue weighted by molar-refractivity contribution is 5.81. The quantitative estimate of drug-likeness (QED) is 0.833. The molecule has 102 valence electrons. The van der Waals surface area contributed by atoms with Crippen LogP contribution in [-0.2, 0) is 25.6 Å². The van der Waals surface area contributed by atoms with Crippen molar-refractivity contribution in [2.45, 2.75) is 25.2 Å². The van der Waals surface area contributed by atoms with Gasteiger partial charge in [0.05, 0.1) is 6.61 Å². The highest BCUT2D eigenvalue weighted by Gasteiger charge is 2.50. The highest BCUT2D eigenvalue weighted by Crippen LogP contribution is 2.25. The Balaban J connectivity index is 2.05. The maximum atomic E-state index is 11.2. The Morgan fingerprint density at radius 1 is 1.47 bits per heavy atom. The Morgan fingerprint density at radius 2 is 2.16 bits per heavy atom. The van der Waals surface area contributed by atoms with Crippen molar-refractivity contribution in [1.29, 1.82) is 0 Å². The van der Waals surface area contributed by atoms with E-state index in [0.29, 0.717) is 0 Å². The Labute approximate surface area is 109 Å². The van der Waals surface area contributed by atoms with Crippen LogP contribution in [-0.4, -0.2) is 35.5 Å². The van der Waals surface area contributed by atoms with E-state index >= 15 is 0 Å². The number of benzene rings is 1. The second kappa shape index (κ2) is 5.27. The van der Waals surface area contributed by atoms with Crippen molar-refractivity contribution in [1.82, 2.24) is 0 Å². The number of hydrogen-bond donors (Lipinski definition) is 1. The maximum Gasteiger partial charge on any atom is 0.509 e. The number of carboxylic acid groups (broad SMARTS) is 1. The van der Waals surface area contributed by atoms with Gasteiger partial charge in [0.15, 0.2) is 0 Å². The van der Waals surface area contributed by atoms with E-state index in [4.69, 9.17) is 9.47 Å². The first-order valence-corrected chi connectivity index (χ1v) is 5.77. The SMILES string of the molecule is CC1(C(=O)O)OC(=O)OCC1OCc1ccccc1. The lowest BCUT2D eigenvalue weighted by atomic mass is 9.98. The largest absolute Gasteiger partial charge is 0.509 e. The minimum atomic E-state index is -1.73. The molecule has 0 bridgehead atoms. The third-order valence-corrected chi connectivity index (χ3v) is 2.98. The molecular formula is C13H14O6. The summed E-state index contributed by atoms with van der Waals surface area (Å²) < 4.78 is 14.9. The summed E-state index contributed by atoms with van der Waals surface area (Å²) >= 11 is 0. The molecule has 2 rings (SSSR count). The fourth-order valence-electron chi connectivity index (χ4n) is 1.73. The van der Waals surface area contributed by atoms with Crippen molar-refractivity contribution in [2.24, 2.45) is 0 Å². The summed E-state index contributed by atoms with van der Waals surface area (Å²) in [5, 5.41) is 9.17. The fourth-order valence-corrected chi connectivity index (χ4v) is 1.73. The molecule has 6 heteroatoms. The van der Waals surface area contributed by atoms with E-state index in [1.165, 1.54) is 6.92 Å². The molecule has 2 unspecified atom stereocenters. The second-order valence-corrected chi connectivity index (χ2v) is 4.36. The summed E-state index contributed by atoms with van der Waals surface area (Å²) in [6.45, 7) is 1.37. The van der Waals surface area contributed by atoms with Crippen LogP contribution in [0.4, 0.5) is 4.79 Å². The number of aliphatic carboxylic acids is 1. The normalized spacial score (nSPS) is 26.4. The van der Waals surface area contributed by atoms with Crippen LogP contribution in [0.25, 0.3) is 0 Å². The molecule has 1 aliphatic heterocycles. The molecule has 1 aromatic rings. The lowest BCUT2D eigenvalue weighted by Crippen LogP contribution is -2.57. The Bertz CT molecular complexity index is 471. The molecule has 1 aromatic carbocycles. The van der Waals surface area contributed by atoms with Crippen molar-refractivity contribution >= 4 is 12.1 Å². The lowest BCUT2D eigenvalue weighted by molar-refractivity contribution is -0.200. The van der Waals surface area contributed by atoms with Crippen LogP contribution in [0.15, 0.2) is 30.3 Å². The van der Waals surface area contributed by atoms with Gasteiger partial charge < -0.3 is 19.3 Å². The molecule has 19 heavy (non-hydrogen) atoms. The van der Waals surface area contributed by atoms with Gasteiger partial charge in [-0.25, -0.2) is 9.59 Å². The molecule has 0 radical (unpaired) electrons. The standard InChI is InChI=1S/C13H14O6/c1-13(11(14)15)10(8-18-12(16)19-13)17-7-9-5-3-2-4-6-9/h2-6,10H,7-8H2,1H3,(H,14,15). The average Bonchev–Trinajstić information content (AvgIpc) is 2.39. The molecular weight excluding hydrogens is 252 g/mol.